The maximum absolute atomic E-state index is 12.0. The van der Waals surface area contributed by atoms with Gasteiger partial charge in [-0.3, -0.25) is 9.69 Å². The number of imidazole rings is 1. The molecule has 3 heterocycles. The van der Waals surface area contributed by atoms with Crippen molar-refractivity contribution < 1.29 is 4.79 Å². The van der Waals surface area contributed by atoms with Crippen LogP contribution in [0.15, 0.2) is 18.5 Å². The van der Waals surface area contributed by atoms with E-state index in [0.717, 1.165) is 37.4 Å². The van der Waals surface area contributed by atoms with Crippen LogP contribution < -0.4 is 5.32 Å². The van der Waals surface area contributed by atoms with Crippen LogP contribution in [0.25, 0.3) is 0 Å². The third kappa shape index (κ3) is 2.91. The molecule has 1 amide bonds. The largest absolute Gasteiger partial charge is 0.354 e. The second-order valence-corrected chi connectivity index (χ2v) is 6.55. The van der Waals surface area contributed by atoms with E-state index in [1.165, 1.54) is 0 Å². The first-order valence-electron chi connectivity index (χ1n) is 8.23. The molecule has 1 aliphatic rings. The molecule has 0 unspecified atom stereocenters. The van der Waals surface area contributed by atoms with Gasteiger partial charge in [-0.1, -0.05) is 0 Å². The predicted molar refractivity (Wildman–Crippen MR) is 90.4 cm³/mol. The van der Waals surface area contributed by atoms with Gasteiger partial charge < -0.3 is 9.88 Å². The average Bonchev–Trinajstić information content (AvgIpc) is 3.14. The van der Waals surface area contributed by atoms with E-state index in [1.54, 1.807) is 13.1 Å². The van der Waals surface area contributed by atoms with Crippen LogP contribution in [0, 0.1) is 6.92 Å². The van der Waals surface area contributed by atoms with Crippen LogP contribution in [0.1, 0.15) is 47.6 Å². The van der Waals surface area contributed by atoms with Gasteiger partial charge in [-0.25, -0.2) is 15.0 Å². The molecule has 0 bridgehead atoms. The molecular formula is C17H24N6O. The molecule has 1 fully saturated rings. The minimum atomic E-state index is -0.291. The van der Waals surface area contributed by atoms with Gasteiger partial charge >= 0.3 is 0 Å². The minimum absolute atomic E-state index is 0.181. The van der Waals surface area contributed by atoms with Crippen molar-refractivity contribution in [2.45, 2.75) is 38.8 Å². The molecule has 0 aromatic carbocycles. The summed E-state index contributed by atoms with van der Waals surface area (Å²) in [4.78, 5) is 28.0. The number of carbonyl (C=O) groups excluding carboxylic acids is 1. The summed E-state index contributed by atoms with van der Waals surface area (Å²) >= 11 is 0. The Labute approximate surface area is 142 Å². The van der Waals surface area contributed by atoms with Gasteiger partial charge in [-0.2, -0.15) is 0 Å². The standard InChI is InChI=1S/C17H24N6O/c1-12-10-13(15(24)18-3)21-16(20-12)17(2)6-5-8-23(17)11-14-19-7-9-22(14)4/h7,9-10H,5-6,8,11H2,1-4H3,(H,18,24)/t17-/m1/s1. The van der Waals surface area contributed by atoms with E-state index < -0.39 is 0 Å². The van der Waals surface area contributed by atoms with Gasteiger partial charge in [0.05, 0.1) is 12.1 Å². The van der Waals surface area contributed by atoms with Crippen molar-refractivity contribution in [3.8, 4) is 0 Å². The molecule has 1 saturated heterocycles. The second kappa shape index (κ2) is 6.32. The summed E-state index contributed by atoms with van der Waals surface area (Å²) in [5, 5.41) is 2.64. The molecule has 1 atom stereocenters. The van der Waals surface area contributed by atoms with Crippen LogP contribution >= 0.6 is 0 Å². The van der Waals surface area contributed by atoms with Crippen LogP contribution in [0.5, 0.6) is 0 Å². The van der Waals surface area contributed by atoms with Crippen molar-refractivity contribution in [1.82, 2.24) is 29.7 Å². The average molecular weight is 328 g/mol. The monoisotopic (exact) mass is 328 g/mol. The number of amides is 1. The first-order chi connectivity index (χ1) is 11.4. The number of hydrogen-bond donors (Lipinski definition) is 1. The summed E-state index contributed by atoms with van der Waals surface area (Å²) < 4.78 is 2.03. The Morgan fingerprint density at radius 1 is 1.42 bits per heavy atom. The molecule has 3 rings (SSSR count). The summed E-state index contributed by atoms with van der Waals surface area (Å²) in [6.45, 7) is 5.77. The first kappa shape index (κ1) is 16.6. The van der Waals surface area contributed by atoms with Crippen molar-refractivity contribution in [2.24, 2.45) is 7.05 Å². The van der Waals surface area contributed by atoms with Crippen molar-refractivity contribution >= 4 is 5.91 Å². The predicted octanol–water partition coefficient (Wildman–Crippen LogP) is 1.39. The number of nitrogens with zero attached hydrogens (tertiary/aromatic N) is 5. The van der Waals surface area contributed by atoms with E-state index in [9.17, 15) is 4.79 Å². The van der Waals surface area contributed by atoms with Crippen molar-refractivity contribution in [3.05, 3.63) is 41.5 Å². The summed E-state index contributed by atoms with van der Waals surface area (Å²) in [6, 6.07) is 1.73. The van der Waals surface area contributed by atoms with Gasteiger partial charge in [0, 0.05) is 32.2 Å². The topological polar surface area (TPSA) is 75.9 Å². The third-order valence-electron chi connectivity index (χ3n) is 4.84. The van der Waals surface area contributed by atoms with Crippen molar-refractivity contribution in [2.75, 3.05) is 13.6 Å². The van der Waals surface area contributed by atoms with Crippen molar-refractivity contribution in [3.63, 3.8) is 0 Å². The summed E-state index contributed by atoms with van der Waals surface area (Å²) in [5.74, 6) is 1.55. The van der Waals surface area contributed by atoms with Crippen LogP contribution in [0.4, 0.5) is 0 Å². The van der Waals surface area contributed by atoms with Crippen LogP contribution in [0.3, 0.4) is 0 Å². The Morgan fingerprint density at radius 3 is 2.88 bits per heavy atom. The maximum atomic E-state index is 12.0. The Hall–Kier alpha value is -2.28. The Bertz CT molecular complexity index is 755. The fourth-order valence-corrected chi connectivity index (χ4v) is 3.30. The van der Waals surface area contributed by atoms with Crippen molar-refractivity contribution in [1.29, 1.82) is 0 Å². The van der Waals surface area contributed by atoms with E-state index >= 15 is 0 Å². The highest BCUT2D eigenvalue weighted by atomic mass is 16.1. The van der Waals surface area contributed by atoms with Gasteiger partial charge in [0.1, 0.15) is 17.3 Å². The summed E-state index contributed by atoms with van der Waals surface area (Å²) in [6.07, 6.45) is 5.81. The van der Waals surface area contributed by atoms with E-state index in [2.05, 4.69) is 32.1 Å². The highest BCUT2D eigenvalue weighted by molar-refractivity contribution is 5.92. The third-order valence-corrected chi connectivity index (χ3v) is 4.84. The van der Waals surface area contributed by atoms with Gasteiger partial charge in [-0.05, 0) is 39.3 Å². The minimum Gasteiger partial charge on any atom is -0.354 e. The molecule has 2 aromatic rings. The highest BCUT2D eigenvalue weighted by Gasteiger charge is 2.41. The molecule has 0 aliphatic carbocycles. The van der Waals surface area contributed by atoms with Crippen LogP contribution in [-0.2, 0) is 19.1 Å². The first-order valence-corrected chi connectivity index (χ1v) is 8.23. The summed E-state index contributed by atoms with van der Waals surface area (Å²) in [5.41, 5.74) is 0.939. The Balaban J connectivity index is 1.95. The number of carbonyl (C=O) groups is 1. The Kier molecular flexibility index (Phi) is 4.36. The Morgan fingerprint density at radius 2 is 2.21 bits per heavy atom. The number of aromatic nitrogens is 4. The molecule has 1 N–H and O–H groups in total. The molecule has 7 nitrogen and oxygen atoms in total. The lowest BCUT2D eigenvalue weighted by atomic mass is 9.97. The summed E-state index contributed by atoms with van der Waals surface area (Å²) in [7, 11) is 3.62. The maximum Gasteiger partial charge on any atom is 0.269 e. The molecule has 0 radical (unpaired) electrons. The van der Waals surface area contributed by atoms with Gasteiger partial charge in [0.2, 0.25) is 0 Å². The molecule has 24 heavy (non-hydrogen) atoms. The highest BCUT2D eigenvalue weighted by Crippen LogP contribution is 2.37. The number of nitrogens with one attached hydrogen (secondary N) is 1. The van der Waals surface area contributed by atoms with E-state index in [4.69, 9.17) is 0 Å². The molecule has 1 aliphatic heterocycles. The normalized spacial score (nSPS) is 21.2. The quantitative estimate of drug-likeness (QED) is 0.918. The van der Waals surface area contributed by atoms with E-state index in [1.807, 2.05) is 30.9 Å². The molecule has 128 valence electrons. The van der Waals surface area contributed by atoms with Gasteiger partial charge in [0.25, 0.3) is 5.91 Å². The number of aryl methyl sites for hydroxylation is 2. The van der Waals surface area contributed by atoms with Gasteiger partial charge in [-0.15, -0.1) is 0 Å². The van der Waals surface area contributed by atoms with Crippen LogP contribution in [0.2, 0.25) is 0 Å². The number of likely N-dealkylation sites (tertiary alicyclic amines) is 1. The zero-order chi connectivity index (χ0) is 17.3. The van der Waals surface area contributed by atoms with Crippen LogP contribution in [-0.4, -0.2) is 43.9 Å². The molecule has 2 aromatic heterocycles. The smallest absolute Gasteiger partial charge is 0.269 e. The molecular weight excluding hydrogens is 304 g/mol. The number of rotatable bonds is 4. The molecule has 0 saturated carbocycles. The fraction of sp³-hybridized carbons (Fsp3) is 0.529. The second-order valence-electron chi connectivity index (χ2n) is 6.55. The zero-order valence-electron chi connectivity index (χ0n) is 14.7. The lowest BCUT2D eigenvalue weighted by molar-refractivity contribution is 0.0954. The lowest BCUT2D eigenvalue weighted by Crippen LogP contribution is -2.40. The molecule has 0 spiro atoms. The van der Waals surface area contributed by atoms with Gasteiger partial charge in [0.15, 0.2) is 0 Å². The fourth-order valence-electron chi connectivity index (χ4n) is 3.30. The zero-order valence-corrected chi connectivity index (χ0v) is 14.7. The number of hydrogen-bond acceptors (Lipinski definition) is 5. The lowest BCUT2D eigenvalue weighted by Gasteiger charge is -2.33. The van der Waals surface area contributed by atoms with E-state index in [0.29, 0.717) is 11.5 Å². The SMILES string of the molecule is CNC(=O)c1cc(C)nc([C@@]2(C)CCCN2Cc2nccn2C)n1. The van der Waals surface area contributed by atoms with E-state index in [-0.39, 0.29) is 11.4 Å². The molecule has 7 heteroatoms.